The van der Waals surface area contributed by atoms with Crippen LogP contribution in [-0.4, -0.2) is 43.7 Å². The van der Waals surface area contributed by atoms with E-state index in [-0.39, 0.29) is 0 Å². The normalized spacial score (nSPS) is 13.3. The van der Waals surface area contributed by atoms with E-state index in [9.17, 15) is 0 Å². The molecule has 0 amide bonds. The summed E-state index contributed by atoms with van der Waals surface area (Å²) >= 11 is 1.70. The zero-order valence-corrected chi connectivity index (χ0v) is 15.3. The largest absolute Gasteiger partial charge is 0.383 e. The maximum absolute atomic E-state index is 5.09. The number of H-pyrrole nitrogens is 1. The molecule has 4 aromatic heterocycles. The molecule has 0 bridgehead atoms. The number of nitrogens with one attached hydrogen (secondary N) is 3. The van der Waals surface area contributed by atoms with E-state index in [1.165, 1.54) is 4.88 Å². The second kappa shape index (κ2) is 6.61. The van der Waals surface area contributed by atoms with Crippen LogP contribution >= 0.6 is 11.3 Å². The van der Waals surface area contributed by atoms with Crippen molar-refractivity contribution in [2.75, 3.05) is 24.2 Å². The lowest BCUT2D eigenvalue weighted by Gasteiger charge is -2.15. The first-order valence-electron chi connectivity index (χ1n) is 8.40. The van der Waals surface area contributed by atoms with Crippen LogP contribution in [0, 0.1) is 0 Å². The number of nitrogens with zero attached hydrogens (tertiary/aromatic N) is 6. The molecule has 0 saturated heterocycles. The Kier molecular flexibility index (Phi) is 3.96. The minimum absolute atomic E-state index is 0.614. The molecule has 4 aromatic rings. The molecule has 0 spiro atoms. The summed E-state index contributed by atoms with van der Waals surface area (Å²) in [5, 5.41) is 13.3. The molecule has 5 rings (SSSR count). The van der Waals surface area contributed by atoms with Crippen molar-refractivity contribution >= 4 is 33.2 Å². The summed E-state index contributed by atoms with van der Waals surface area (Å²) < 4.78 is 8.07. The van der Waals surface area contributed by atoms with Crippen molar-refractivity contribution in [3.05, 3.63) is 35.7 Å². The first-order chi connectivity index (χ1) is 13.3. The van der Waals surface area contributed by atoms with Crippen LogP contribution in [0.1, 0.15) is 4.88 Å². The van der Waals surface area contributed by atoms with Gasteiger partial charge in [-0.1, -0.05) is 0 Å². The third kappa shape index (κ3) is 3.01. The van der Waals surface area contributed by atoms with Crippen LogP contribution in [0.25, 0.3) is 21.5 Å². The van der Waals surface area contributed by atoms with Crippen LogP contribution in [0.2, 0.25) is 0 Å². The van der Waals surface area contributed by atoms with E-state index in [0.29, 0.717) is 25.5 Å². The van der Waals surface area contributed by atoms with Crippen LogP contribution in [0.3, 0.4) is 0 Å². The summed E-state index contributed by atoms with van der Waals surface area (Å²) in [6.07, 6.45) is 7.33. The molecule has 0 aliphatic carbocycles. The van der Waals surface area contributed by atoms with Gasteiger partial charge in [-0.05, 0) is 6.07 Å². The summed E-state index contributed by atoms with van der Waals surface area (Å²) in [5.41, 5.74) is 8.92. The Balaban J connectivity index is 1.39. The second-order valence-corrected chi connectivity index (χ2v) is 7.26. The fourth-order valence-electron chi connectivity index (χ4n) is 2.92. The SMILES string of the molecule is COCCn1cc(-c2cnc3c(n2)N(Cc2cc4[nH]ncc4s2)NN3)cn1. The molecule has 0 fully saturated rings. The van der Waals surface area contributed by atoms with Crippen LogP contribution in [0.15, 0.2) is 30.9 Å². The Morgan fingerprint density at radius 2 is 2.22 bits per heavy atom. The number of rotatable bonds is 6. The molecule has 1 aliphatic heterocycles. The van der Waals surface area contributed by atoms with Crippen LogP contribution in [-0.2, 0) is 17.8 Å². The van der Waals surface area contributed by atoms with E-state index in [0.717, 1.165) is 27.3 Å². The summed E-state index contributed by atoms with van der Waals surface area (Å²) in [7, 11) is 1.68. The second-order valence-electron chi connectivity index (χ2n) is 6.10. The maximum Gasteiger partial charge on any atom is 0.190 e. The van der Waals surface area contributed by atoms with Gasteiger partial charge in [0.1, 0.15) is 0 Å². The van der Waals surface area contributed by atoms with Crippen molar-refractivity contribution in [2.24, 2.45) is 0 Å². The van der Waals surface area contributed by atoms with Gasteiger partial charge in [-0.25, -0.2) is 9.97 Å². The van der Waals surface area contributed by atoms with Gasteiger partial charge in [0, 0.05) is 23.7 Å². The van der Waals surface area contributed by atoms with E-state index >= 15 is 0 Å². The molecule has 11 heteroatoms. The topological polar surface area (TPSA) is 109 Å². The van der Waals surface area contributed by atoms with Gasteiger partial charge < -0.3 is 4.74 Å². The molecule has 5 heterocycles. The van der Waals surface area contributed by atoms with Crippen molar-refractivity contribution in [2.45, 2.75) is 13.1 Å². The lowest BCUT2D eigenvalue weighted by Crippen LogP contribution is -2.35. The van der Waals surface area contributed by atoms with Crippen LogP contribution < -0.4 is 16.0 Å². The predicted molar refractivity (Wildman–Crippen MR) is 102 cm³/mol. The smallest absolute Gasteiger partial charge is 0.190 e. The van der Waals surface area contributed by atoms with Gasteiger partial charge in [0.05, 0.1) is 54.2 Å². The van der Waals surface area contributed by atoms with Gasteiger partial charge in [0.15, 0.2) is 11.6 Å². The van der Waals surface area contributed by atoms with Gasteiger partial charge in [-0.2, -0.15) is 10.2 Å². The highest BCUT2D eigenvalue weighted by Crippen LogP contribution is 2.31. The maximum atomic E-state index is 5.09. The van der Waals surface area contributed by atoms with Crippen molar-refractivity contribution < 1.29 is 4.74 Å². The zero-order valence-electron chi connectivity index (χ0n) is 14.5. The number of hydrogen-bond acceptors (Lipinski definition) is 9. The Bertz CT molecular complexity index is 1060. The fraction of sp³-hybridized carbons (Fsp3) is 0.250. The Hall–Kier alpha value is -3.02. The van der Waals surface area contributed by atoms with Gasteiger partial charge in [0.2, 0.25) is 0 Å². The summed E-state index contributed by atoms with van der Waals surface area (Å²) in [5.74, 6) is 1.46. The minimum Gasteiger partial charge on any atom is -0.383 e. The Labute approximate surface area is 158 Å². The van der Waals surface area contributed by atoms with Gasteiger partial charge >= 0.3 is 0 Å². The molecule has 0 atom stereocenters. The number of aromatic nitrogens is 6. The Morgan fingerprint density at radius 3 is 3.11 bits per heavy atom. The summed E-state index contributed by atoms with van der Waals surface area (Å²) in [4.78, 5) is 10.4. The number of aromatic amines is 1. The van der Waals surface area contributed by atoms with Crippen molar-refractivity contribution in [3.8, 4) is 11.3 Å². The average molecular weight is 383 g/mol. The lowest BCUT2D eigenvalue weighted by atomic mass is 10.2. The molecular weight excluding hydrogens is 366 g/mol. The van der Waals surface area contributed by atoms with Crippen molar-refractivity contribution in [1.29, 1.82) is 0 Å². The minimum atomic E-state index is 0.614. The molecule has 0 saturated carbocycles. The van der Waals surface area contributed by atoms with E-state index < -0.39 is 0 Å². The number of anilines is 2. The van der Waals surface area contributed by atoms with Crippen LogP contribution in [0.5, 0.6) is 0 Å². The third-order valence-electron chi connectivity index (χ3n) is 4.27. The number of ether oxygens (including phenoxy) is 1. The number of fused-ring (bicyclic) bond motifs is 2. The first-order valence-corrected chi connectivity index (χ1v) is 9.21. The predicted octanol–water partition coefficient (Wildman–Crippen LogP) is 1.78. The van der Waals surface area contributed by atoms with Crippen LogP contribution in [0.4, 0.5) is 11.6 Å². The van der Waals surface area contributed by atoms with Gasteiger partial charge in [0.25, 0.3) is 0 Å². The quantitative estimate of drug-likeness (QED) is 0.462. The van der Waals surface area contributed by atoms with E-state index in [1.807, 2.05) is 22.1 Å². The van der Waals surface area contributed by atoms with E-state index in [1.54, 1.807) is 30.8 Å². The number of thiophene rings is 1. The van der Waals surface area contributed by atoms with Gasteiger partial charge in [-0.3, -0.25) is 20.2 Å². The molecule has 0 aromatic carbocycles. The van der Waals surface area contributed by atoms with E-state index in [2.05, 4.69) is 37.3 Å². The fourth-order valence-corrected chi connectivity index (χ4v) is 3.89. The highest BCUT2D eigenvalue weighted by atomic mass is 32.1. The zero-order chi connectivity index (χ0) is 18.2. The highest BCUT2D eigenvalue weighted by Gasteiger charge is 2.23. The average Bonchev–Trinajstić information content (AvgIpc) is 3.44. The molecule has 27 heavy (non-hydrogen) atoms. The highest BCUT2D eigenvalue weighted by molar-refractivity contribution is 7.19. The molecule has 3 N–H and O–H groups in total. The standard InChI is InChI=1S/C16H17N9OS/c1-26-3-2-24-8-10(5-19-24)13-6-17-15-16(20-13)25(23-22-15)9-11-4-12-14(27-11)7-18-21-12/h4-8,23H,2-3,9H2,1H3,(H,17,22)(H,18,21). The van der Waals surface area contributed by atoms with Crippen molar-refractivity contribution in [3.63, 3.8) is 0 Å². The monoisotopic (exact) mass is 383 g/mol. The molecule has 0 unspecified atom stereocenters. The number of methoxy groups -OCH3 is 1. The summed E-state index contributed by atoms with van der Waals surface area (Å²) in [6.45, 7) is 1.98. The molecule has 0 radical (unpaired) electrons. The lowest BCUT2D eigenvalue weighted by molar-refractivity contribution is 0.183. The first kappa shape index (κ1) is 16.2. The molecular formula is C16H17N9OS. The van der Waals surface area contributed by atoms with Gasteiger partial charge in [-0.15, -0.1) is 16.9 Å². The number of hydrogen-bond donors (Lipinski definition) is 3. The Morgan fingerprint density at radius 1 is 1.26 bits per heavy atom. The number of hydrazine groups is 2. The van der Waals surface area contributed by atoms with E-state index in [4.69, 9.17) is 9.72 Å². The summed E-state index contributed by atoms with van der Waals surface area (Å²) in [6, 6.07) is 2.10. The van der Waals surface area contributed by atoms with Crippen molar-refractivity contribution in [1.82, 2.24) is 35.5 Å². The molecule has 1 aliphatic rings. The molecule has 10 nitrogen and oxygen atoms in total. The molecule has 138 valence electrons. The third-order valence-corrected chi connectivity index (χ3v) is 5.32.